The van der Waals surface area contributed by atoms with Crippen LogP contribution in [0.5, 0.6) is 0 Å². The van der Waals surface area contributed by atoms with E-state index in [1.54, 1.807) is 36.2 Å². The number of rotatable bonds is 7. The van der Waals surface area contributed by atoms with Crippen molar-refractivity contribution in [3.63, 3.8) is 0 Å². The van der Waals surface area contributed by atoms with Crippen LogP contribution >= 0.6 is 0 Å². The molecule has 0 bridgehead atoms. The summed E-state index contributed by atoms with van der Waals surface area (Å²) in [5, 5.41) is 11.5. The molecule has 0 atom stereocenters. The fraction of sp³-hybridized carbons (Fsp3) is 0.381. The first-order chi connectivity index (χ1) is 11.8. The van der Waals surface area contributed by atoms with E-state index in [1.165, 1.54) is 0 Å². The molecule has 0 aliphatic rings. The highest BCUT2D eigenvalue weighted by molar-refractivity contribution is 5.90. The van der Waals surface area contributed by atoms with Gasteiger partial charge in [-0.1, -0.05) is 60.7 Å². The van der Waals surface area contributed by atoms with E-state index in [0.717, 1.165) is 17.6 Å². The zero-order valence-corrected chi connectivity index (χ0v) is 17.6. The molecule has 5 heteroatoms. The number of carbonyl (C=O) groups is 1. The Kier molecular flexibility index (Phi) is 8.00. The van der Waals surface area contributed by atoms with Gasteiger partial charge in [-0.25, -0.2) is 0 Å². The standard InChI is InChI=1S/C21H29N2O2.BrH/c1-5-23(3,4)17-16-22(2)20(24)21(25,18-12-8-6-9-13-18)19-14-10-7-11-15-19;/h6-15,25H,5,16-17H2,1-4H3;1H/q+1;/p-1. The smallest absolute Gasteiger partial charge is 0.263 e. The predicted octanol–water partition coefficient (Wildman–Crippen LogP) is -0.519. The molecular formula is C21H29BrN2O2. The zero-order valence-electron chi connectivity index (χ0n) is 16.0. The van der Waals surface area contributed by atoms with E-state index in [1.807, 2.05) is 36.4 Å². The number of hydrogen-bond donors (Lipinski definition) is 1. The topological polar surface area (TPSA) is 40.5 Å². The van der Waals surface area contributed by atoms with Gasteiger partial charge in [-0.05, 0) is 18.1 Å². The van der Waals surface area contributed by atoms with E-state index in [9.17, 15) is 9.90 Å². The van der Waals surface area contributed by atoms with E-state index >= 15 is 0 Å². The Bertz CT molecular complexity index is 650. The second kappa shape index (κ2) is 9.31. The minimum atomic E-state index is -1.68. The Morgan fingerprint density at radius 3 is 1.81 bits per heavy atom. The summed E-state index contributed by atoms with van der Waals surface area (Å²) in [5.74, 6) is -0.305. The first-order valence-corrected chi connectivity index (χ1v) is 8.72. The number of aliphatic hydroxyl groups is 1. The van der Waals surface area contributed by atoms with Crippen LogP contribution in [0.4, 0.5) is 0 Å². The molecule has 0 spiro atoms. The van der Waals surface area contributed by atoms with Gasteiger partial charge in [0, 0.05) is 7.05 Å². The molecule has 1 amide bonds. The molecule has 2 rings (SSSR count). The highest BCUT2D eigenvalue weighted by Crippen LogP contribution is 2.31. The molecule has 0 radical (unpaired) electrons. The van der Waals surface area contributed by atoms with Gasteiger partial charge >= 0.3 is 0 Å². The Morgan fingerprint density at radius 2 is 1.42 bits per heavy atom. The molecule has 0 aromatic heterocycles. The summed E-state index contributed by atoms with van der Waals surface area (Å²) in [6.45, 7) is 4.54. The number of nitrogens with zero attached hydrogens (tertiary/aromatic N) is 2. The summed E-state index contributed by atoms with van der Waals surface area (Å²) in [6, 6.07) is 18.3. The third kappa shape index (κ3) is 4.93. The average Bonchev–Trinajstić information content (AvgIpc) is 2.66. The van der Waals surface area contributed by atoms with Crippen molar-refractivity contribution in [1.82, 2.24) is 4.90 Å². The molecule has 0 saturated heterocycles. The maximum atomic E-state index is 13.2. The summed E-state index contributed by atoms with van der Waals surface area (Å²) in [5.41, 5.74) is -0.509. The zero-order chi connectivity index (χ0) is 18.5. The Labute approximate surface area is 167 Å². The average molecular weight is 421 g/mol. The molecule has 0 fully saturated rings. The van der Waals surface area contributed by atoms with E-state index in [0.29, 0.717) is 17.7 Å². The van der Waals surface area contributed by atoms with Gasteiger partial charge < -0.3 is 31.5 Å². The van der Waals surface area contributed by atoms with E-state index < -0.39 is 5.60 Å². The van der Waals surface area contributed by atoms with Gasteiger partial charge in [-0.15, -0.1) is 0 Å². The van der Waals surface area contributed by atoms with Crippen LogP contribution < -0.4 is 17.0 Å². The van der Waals surface area contributed by atoms with Crippen LogP contribution in [0.1, 0.15) is 18.1 Å². The molecule has 0 aliphatic heterocycles. The number of hydrogen-bond acceptors (Lipinski definition) is 2. The quantitative estimate of drug-likeness (QED) is 0.612. The molecule has 2 aromatic rings. The maximum absolute atomic E-state index is 13.2. The lowest BCUT2D eigenvalue weighted by Gasteiger charge is -2.35. The van der Waals surface area contributed by atoms with Gasteiger partial charge in [0.25, 0.3) is 5.91 Å². The van der Waals surface area contributed by atoms with Crippen LogP contribution in [0.15, 0.2) is 60.7 Å². The molecule has 26 heavy (non-hydrogen) atoms. The summed E-state index contributed by atoms with van der Waals surface area (Å²) >= 11 is 0. The van der Waals surface area contributed by atoms with Gasteiger partial charge in [-0.3, -0.25) is 4.79 Å². The lowest BCUT2D eigenvalue weighted by atomic mass is 9.85. The molecule has 4 nitrogen and oxygen atoms in total. The van der Waals surface area contributed by atoms with E-state index in [2.05, 4.69) is 21.0 Å². The second-order valence-electron chi connectivity index (χ2n) is 7.14. The van der Waals surface area contributed by atoms with Crippen LogP contribution in [0.2, 0.25) is 0 Å². The van der Waals surface area contributed by atoms with Crippen molar-refractivity contribution in [3.8, 4) is 0 Å². The van der Waals surface area contributed by atoms with Crippen LogP contribution in [-0.4, -0.2) is 61.2 Å². The van der Waals surface area contributed by atoms with Crippen molar-refractivity contribution in [3.05, 3.63) is 71.8 Å². The molecular weight excluding hydrogens is 392 g/mol. The number of likely N-dealkylation sites (N-methyl/N-ethyl adjacent to an activating group) is 2. The van der Waals surface area contributed by atoms with E-state index in [-0.39, 0.29) is 22.9 Å². The minimum Gasteiger partial charge on any atom is -1.00 e. The summed E-state index contributed by atoms with van der Waals surface area (Å²) < 4.78 is 0.826. The maximum Gasteiger partial charge on any atom is 0.263 e. The third-order valence-electron chi connectivity index (χ3n) is 4.94. The van der Waals surface area contributed by atoms with Gasteiger partial charge in [0.05, 0.1) is 33.7 Å². The van der Waals surface area contributed by atoms with Crippen molar-refractivity contribution >= 4 is 5.91 Å². The predicted molar refractivity (Wildman–Crippen MR) is 101 cm³/mol. The molecule has 0 saturated carbocycles. The van der Waals surface area contributed by atoms with Crippen molar-refractivity contribution in [2.24, 2.45) is 0 Å². The van der Waals surface area contributed by atoms with Crippen LogP contribution in [0.25, 0.3) is 0 Å². The Balaban J connectivity index is 0.00000338. The monoisotopic (exact) mass is 420 g/mol. The highest BCUT2D eigenvalue weighted by Gasteiger charge is 2.41. The molecule has 1 N–H and O–H groups in total. The fourth-order valence-electron chi connectivity index (χ4n) is 2.73. The first-order valence-electron chi connectivity index (χ1n) is 8.72. The summed E-state index contributed by atoms with van der Waals surface area (Å²) in [6.07, 6.45) is 0. The van der Waals surface area contributed by atoms with Gasteiger partial charge in [-0.2, -0.15) is 0 Å². The van der Waals surface area contributed by atoms with Crippen LogP contribution in [0.3, 0.4) is 0 Å². The van der Waals surface area contributed by atoms with Crippen molar-refractivity contribution in [2.75, 3.05) is 40.8 Å². The Morgan fingerprint density at radius 1 is 1.00 bits per heavy atom. The minimum absolute atomic E-state index is 0. The number of halogens is 1. The number of quaternary nitrogens is 1. The third-order valence-corrected chi connectivity index (χ3v) is 4.94. The molecule has 0 aliphatic carbocycles. The van der Waals surface area contributed by atoms with Gasteiger partial charge in [0.1, 0.15) is 0 Å². The normalized spacial score (nSPS) is 11.6. The van der Waals surface area contributed by atoms with Gasteiger partial charge in [0.2, 0.25) is 0 Å². The number of benzene rings is 2. The molecule has 0 unspecified atom stereocenters. The van der Waals surface area contributed by atoms with E-state index in [4.69, 9.17) is 0 Å². The van der Waals surface area contributed by atoms with Crippen molar-refractivity contribution in [2.45, 2.75) is 12.5 Å². The highest BCUT2D eigenvalue weighted by atomic mass is 79.9. The molecule has 142 valence electrons. The number of amides is 1. The first kappa shape index (κ1) is 22.4. The summed E-state index contributed by atoms with van der Waals surface area (Å²) in [4.78, 5) is 14.9. The number of carbonyl (C=O) groups excluding carboxylic acids is 1. The SMILES string of the molecule is CC[N+](C)(C)CCN(C)C(=O)C(O)(c1ccccc1)c1ccccc1.[Br-]. The van der Waals surface area contributed by atoms with Gasteiger partial charge in [0.15, 0.2) is 5.60 Å². The lowest BCUT2D eigenvalue weighted by molar-refractivity contribution is -0.887. The molecule has 0 heterocycles. The largest absolute Gasteiger partial charge is 1.00 e. The molecule has 2 aromatic carbocycles. The fourth-order valence-corrected chi connectivity index (χ4v) is 2.73. The van der Waals surface area contributed by atoms with Crippen LogP contribution in [0, 0.1) is 0 Å². The van der Waals surface area contributed by atoms with Crippen molar-refractivity contribution in [1.29, 1.82) is 0 Å². The second-order valence-corrected chi connectivity index (χ2v) is 7.14. The van der Waals surface area contributed by atoms with Crippen molar-refractivity contribution < 1.29 is 31.4 Å². The summed E-state index contributed by atoms with van der Waals surface area (Å²) in [7, 11) is 6.03. The Hall–Kier alpha value is -1.69. The lowest BCUT2D eigenvalue weighted by Crippen LogP contribution is -3.00. The van der Waals surface area contributed by atoms with Crippen LogP contribution in [-0.2, 0) is 10.4 Å².